The van der Waals surface area contributed by atoms with Gasteiger partial charge in [-0.3, -0.25) is 0 Å². The Morgan fingerprint density at radius 3 is 1.32 bits per heavy atom. The Morgan fingerprint density at radius 1 is 0.600 bits per heavy atom. The van der Waals surface area contributed by atoms with Crippen molar-refractivity contribution in [2.75, 3.05) is 13.2 Å². The molecule has 0 aliphatic heterocycles. The van der Waals surface area contributed by atoms with E-state index in [9.17, 15) is 20.4 Å². The molecule has 0 aliphatic rings. The first-order chi connectivity index (χ1) is 12.1. The van der Waals surface area contributed by atoms with Crippen LogP contribution in [0.1, 0.15) is 36.2 Å². The first-order valence-electron chi connectivity index (χ1n) is 8.46. The van der Waals surface area contributed by atoms with Gasteiger partial charge in [0.1, 0.15) is 0 Å². The molecule has 2 aromatic carbocycles. The fourth-order valence-corrected chi connectivity index (χ4v) is 2.61. The fraction of sp³-hybridized carbons (Fsp3) is 0.400. The molecule has 0 bridgehead atoms. The van der Waals surface area contributed by atoms with Gasteiger partial charge in [-0.2, -0.15) is 0 Å². The van der Waals surface area contributed by atoms with E-state index in [0.29, 0.717) is 0 Å². The van der Waals surface area contributed by atoms with Gasteiger partial charge in [0.2, 0.25) is 0 Å². The lowest BCUT2D eigenvalue weighted by Crippen LogP contribution is -2.24. The van der Waals surface area contributed by atoms with Crippen LogP contribution >= 0.6 is 0 Å². The molecule has 0 aliphatic carbocycles. The summed E-state index contributed by atoms with van der Waals surface area (Å²) in [6.45, 7) is 0.0325. The zero-order valence-corrected chi connectivity index (χ0v) is 14.1. The maximum Gasteiger partial charge on any atom is 0.0815 e. The van der Waals surface area contributed by atoms with E-state index in [1.165, 1.54) is 0 Å². The second-order valence-electron chi connectivity index (χ2n) is 6.17. The topological polar surface area (TPSA) is 90.2 Å². The van der Waals surface area contributed by atoms with Crippen LogP contribution < -0.4 is 0 Å². The van der Waals surface area contributed by atoms with Crippen LogP contribution in [0.5, 0.6) is 0 Å². The molecule has 0 radical (unpaired) electrons. The Balaban J connectivity index is 1.66. The third-order valence-electron chi connectivity index (χ3n) is 3.98. The smallest absolute Gasteiger partial charge is 0.0815 e. The maximum absolute atomic E-state index is 10.0. The standard InChI is InChI=1S/C20H26O5/c21-17(11-19(23)15-7-3-1-4-8-15)13-25-14-18(22)12-20(24)16-9-5-2-6-10-16/h1-10,17-24H,11-14H2. The lowest BCUT2D eigenvalue weighted by molar-refractivity contribution is -0.0339. The van der Waals surface area contributed by atoms with Crippen molar-refractivity contribution in [3.63, 3.8) is 0 Å². The van der Waals surface area contributed by atoms with E-state index >= 15 is 0 Å². The summed E-state index contributed by atoms with van der Waals surface area (Å²) in [6.07, 6.45) is -2.86. The highest BCUT2D eigenvalue weighted by molar-refractivity contribution is 5.18. The Morgan fingerprint density at radius 2 is 0.960 bits per heavy atom. The summed E-state index contributed by atoms with van der Waals surface area (Å²) in [5.74, 6) is 0. The van der Waals surface area contributed by atoms with Crippen molar-refractivity contribution < 1.29 is 25.2 Å². The number of hydrogen-bond acceptors (Lipinski definition) is 5. The van der Waals surface area contributed by atoms with Gasteiger partial charge in [0.05, 0.1) is 37.6 Å². The average molecular weight is 346 g/mol. The third kappa shape index (κ3) is 6.94. The van der Waals surface area contributed by atoms with Gasteiger partial charge in [-0.25, -0.2) is 0 Å². The molecule has 0 saturated carbocycles. The van der Waals surface area contributed by atoms with E-state index in [4.69, 9.17) is 4.74 Å². The zero-order valence-electron chi connectivity index (χ0n) is 14.1. The fourth-order valence-electron chi connectivity index (χ4n) is 2.61. The van der Waals surface area contributed by atoms with E-state index in [1.807, 2.05) is 36.4 Å². The molecule has 5 nitrogen and oxygen atoms in total. The molecule has 25 heavy (non-hydrogen) atoms. The number of aliphatic hydroxyl groups is 4. The molecule has 0 heterocycles. The molecular formula is C20H26O5. The largest absolute Gasteiger partial charge is 0.391 e. The molecule has 0 amide bonds. The zero-order chi connectivity index (χ0) is 18.1. The Hall–Kier alpha value is -1.76. The number of rotatable bonds is 10. The molecule has 0 fully saturated rings. The highest BCUT2D eigenvalue weighted by Gasteiger charge is 2.16. The van der Waals surface area contributed by atoms with Gasteiger partial charge in [-0.15, -0.1) is 0 Å². The normalized spacial score (nSPS) is 16.2. The minimum absolute atomic E-state index is 0.0163. The summed E-state index contributed by atoms with van der Waals surface area (Å²) in [7, 11) is 0. The monoisotopic (exact) mass is 346 g/mol. The van der Waals surface area contributed by atoms with E-state index in [-0.39, 0.29) is 26.1 Å². The molecule has 4 atom stereocenters. The average Bonchev–Trinajstić information content (AvgIpc) is 2.63. The molecule has 4 unspecified atom stereocenters. The summed E-state index contributed by atoms with van der Waals surface area (Å²) in [5.41, 5.74) is 1.49. The number of ether oxygens (including phenoxy) is 1. The predicted molar refractivity (Wildman–Crippen MR) is 94.9 cm³/mol. The summed E-state index contributed by atoms with van der Waals surface area (Å²) >= 11 is 0. The summed E-state index contributed by atoms with van der Waals surface area (Å²) < 4.78 is 5.31. The van der Waals surface area contributed by atoms with E-state index < -0.39 is 24.4 Å². The third-order valence-corrected chi connectivity index (χ3v) is 3.98. The van der Waals surface area contributed by atoms with E-state index in [2.05, 4.69) is 0 Å². The van der Waals surface area contributed by atoms with Crippen LogP contribution in [0.4, 0.5) is 0 Å². The van der Waals surface area contributed by atoms with Crippen LogP contribution in [0.2, 0.25) is 0 Å². The quantitative estimate of drug-likeness (QED) is 0.528. The molecule has 2 rings (SSSR count). The number of hydrogen-bond donors (Lipinski definition) is 4. The summed E-state index contributed by atoms with van der Waals surface area (Å²) in [6, 6.07) is 18.2. The lowest BCUT2D eigenvalue weighted by Gasteiger charge is -2.19. The minimum Gasteiger partial charge on any atom is -0.391 e. The van der Waals surface area contributed by atoms with E-state index in [1.54, 1.807) is 24.3 Å². The summed E-state index contributed by atoms with van der Waals surface area (Å²) in [5, 5.41) is 40.0. The highest BCUT2D eigenvalue weighted by Crippen LogP contribution is 2.19. The van der Waals surface area contributed by atoms with Crippen LogP contribution in [-0.2, 0) is 4.74 Å². The van der Waals surface area contributed by atoms with Crippen molar-refractivity contribution in [2.45, 2.75) is 37.3 Å². The van der Waals surface area contributed by atoms with Gasteiger partial charge in [-0.05, 0) is 11.1 Å². The second-order valence-corrected chi connectivity index (χ2v) is 6.17. The Kier molecular flexibility index (Phi) is 8.04. The number of benzene rings is 2. The van der Waals surface area contributed by atoms with Crippen molar-refractivity contribution in [3.05, 3.63) is 71.8 Å². The van der Waals surface area contributed by atoms with Crippen LogP contribution in [0.25, 0.3) is 0 Å². The lowest BCUT2D eigenvalue weighted by atomic mass is 10.0. The van der Waals surface area contributed by atoms with Crippen molar-refractivity contribution in [2.24, 2.45) is 0 Å². The van der Waals surface area contributed by atoms with Crippen LogP contribution in [0.15, 0.2) is 60.7 Å². The highest BCUT2D eigenvalue weighted by atomic mass is 16.5. The first kappa shape index (κ1) is 19.6. The van der Waals surface area contributed by atoms with Crippen LogP contribution in [0, 0.1) is 0 Å². The molecule has 2 aromatic rings. The van der Waals surface area contributed by atoms with Gasteiger partial charge in [0.15, 0.2) is 0 Å². The molecule has 0 aromatic heterocycles. The van der Waals surface area contributed by atoms with Crippen molar-refractivity contribution in [1.82, 2.24) is 0 Å². The molecule has 4 N–H and O–H groups in total. The molecular weight excluding hydrogens is 320 g/mol. The van der Waals surface area contributed by atoms with Gasteiger partial charge in [-0.1, -0.05) is 60.7 Å². The molecule has 5 heteroatoms. The first-order valence-corrected chi connectivity index (χ1v) is 8.46. The Bertz CT molecular complexity index is 536. The molecule has 0 saturated heterocycles. The van der Waals surface area contributed by atoms with Crippen LogP contribution in [-0.4, -0.2) is 45.8 Å². The minimum atomic E-state index is -0.832. The van der Waals surface area contributed by atoms with Gasteiger partial charge in [0.25, 0.3) is 0 Å². The van der Waals surface area contributed by atoms with Crippen molar-refractivity contribution in [1.29, 1.82) is 0 Å². The second kappa shape index (κ2) is 10.3. The SMILES string of the molecule is OC(COCC(O)CC(O)c1ccccc1)CC(O)c1ccccc1. The van der Waals surface area contributed by atoms with E-state index in [0.717, 1.165) is 11.1 Å². The maximum atomic E-state index is 10.0. The van der Waals surface area contributed by atoms with Crippen LogP contribution in [0.3, 0.4) is 0 Å². The number of aliphatic hydroxyl groups excluding tert-OH is 4. The van der Waals surface area contributed by atoms with Crippen molar-refractivity contribution >= 4 is 0 Å². The molecule has 0 spiro atoms. The summed E-state index contributed by atoms with van der Waals surface area (Å²) in [4.78, 5) is 0. The van der Waals surface area contributed by atoms with Crippen molar-refractivity contribution in [3.8, 4) is 0 Å². The molecule has 136 valence electrons. The van der Waals surface area contributed by atoms with Gasteiger partial charge >= 0.3 is 0 Å². The Labute approximate surface area is 148 Å². The predicted octanol–water partition coefficient (Wildman–Crippen LogP) is 1.97. The van der Waals surface area contributed by atoms with Gasteiger partial charge < -0.3 is 25.2 Å². The van der Waals surface area contributed by atoms with Gasteiger partial charge in [0, 0.05) is 12.8 Å².